The summed E-state index contributed by atoms with van der Waals surface area (Å²) in [5, 5.41) is 2.49. The van der Waals surface area contributed by atoms with E-state index in [0.717, 1.165) is 5.56 Å². The molecule has 2 rings (SSSR count). The number of ketones is 1. The highest BCUT2D eigenvalue weighted by molar-refractivity contribution is 6.18. The van der Waals surface area contributed by atoms with Gasteiger partial charge in [-0.25, -0.2) is 0 Å². The summed E-state index contributed by atoms with van der Waals surface area (Å²) in [7, 11) is 0. The summed E-state index contributed by atoms with van der Waals surface area (Å²) in [6.07, 6.45) is 1.44. The number of rotatable bonds is 3. The fourth-order valence-electron chi connectivity index (χ4n) is 1.54. The van der Waals surface area contributed by atoms with Gasteiger partial charge < -0.3 is 5.32 Å². The van der Waals surface area contributed by atoms with Crippen molar-refractivity contribution in [1.82, 2.24) is 5.32 Å². The van der Waals surface area contributed by atoms with Gasteiger partial charge in [0, 0.05) is 6.21 Å². The van der Waals surface area contributed by atoms with Crippen molar-refractivity contribution in [3.63, 3.8) is 0 Å². The molecule has 4 heteroatoms. The maximum absolute atomic E-state index is 11.3. The number of hydrogen-bond acceptors (Lipinski definition) is 3. The molecular formula is C12H12N2O2. The van der Waals surface area contributed by atoms with E-state index in [2.05, 4.69) is 10.3 Å². The molecule has 0 bridgehead atoms. The Labute approximate surface area is 93.4 Å². The normalized spacial score (nSPS) is 20.4. The van der Waals surface area contributed by atoms with Crippen LogP contribution in [-0.4, -0.2) is 24.4 Å². The van der Waals surface area contributed by atoms with E-state index in [9.17, 15) is 9.59 Å². The zero-order valence-corrected chi connectivity index (χ0v) is 8.72. The Kier molecular flexibility index (Phi) is 3.10. The molecule has 1 aromatic rings. The third-order valence-electron chi connectivity index (χ3n) is 2.44. The van der Waals surface area contributed by atoms with Crippen LogP contribution in [0.1, 0.15) is 5.56 Å². The second-order valence-electron chi connectivity index (χ2n) is 3.64. The number of hydrogen-bond donors (Lipinski definition) is 1. The van der Waals surface area contributed by atoms with Gasteiger partial charge >= 0.3 is 0 Å². The van der Waals surface area contributed by atoms with E-state index in [-0.39, 0.29) is 18.2 Å². The zero-order valence-electron chi connectivity index (χ0n) is 8.72. The summed E-state index contributed by atoms with van der Waals surface area (Å²) in [6, 6.07) is 9.69. The predicted octanol–water partition coefficient (Wildman–Crippen LogP) is 0.572. The van der Waals surface area contributed by atoms with E-state index in [1.54, 1.807) is 0 Å². The summed E-state index contributed by atoms with van der Waals surface area (Å²) in [4.78, 5) is 26.6. The van der Waals surface area contributed by atoms with Gasteiger partial charge in [0.15, 0.2) is 5.78 Å². The lowest BCUT2D eigenvalue weighted by molar-refractivity contribution is -0.124. The number of aliphatic imine (C=N–C) groups is 1. The lowest BCUT2D eigenvalue weighted by Gasteiger charge is -1.97. The van der Waals surface area contributed by atoms with Gasteiger partial charge in [0.2, 0.25) is 5.91 Å². The largest absolute Gasteiger partial charge is 0.348 e. The second-order valence-corrected chi connectivity index (χ2v) is 3.64. The minimum absolute atomic E-state index is 0.109. The van der Waals surface area contributed by atoms with Crippen molar-refractivity contribution >= 4 is 17.9 Å². The summed E-state index contributed by atoms with van der Waals surface area (Å²) in [5.74, 6) is -1.05. The maximum Gasteiger partial charge on any atom is 0.236 e. The van der Waals surface area contributed by atoms with Crippen molar-refractivity contribution in [3.8, 4) is 0 Å². The van der Waals surface area contributed by atoms with Gasteiger partial charge in [-0.15, -0.1) is 0 Å². The van der Waals surface area contributed by atoms with Gasteiger partial charge in [0.1, 0.15) is 5.92 Å². The van der Waals surface area contributed by atoms with Gasteiger partial charge in [-0.2, -0.15) is 0 Å². The molecule has 1 heterocycles. The molecule has 1 N–H and O–H groups in total. The van der Waals surface area contributed by atoms with Gasteiger partial charge in [0.25, 0.3) is 0 Å². The van der Waals surface area contributed by atoms with E-state index in [1.165, 1.54) is 6.21 Å². The summed E-state index contributed by atoms with van der Waals surface area (Å²) < 4.78 is 0. The molecule has 0 aliphatic carbocycles. The molecule has 0 aromatic heterocycles. The minimum Gasteiger partial charge on any atom is -0.348 e. The van der Waals surface area contributed by atoms with Crippen LogP contribution >= 0.6 is 0 Å². The molecule has 1 saturated heterocycles. The topological polar surface area (TPSA) is 58.5 Å². The smallest absolute Gasteiger partial charge is 0.236 e. The average molecular weight is 216 g/mol. The van der Waals surface area contributed by atoms with Gasteiger partial charge in [-0.1, -0.05) is 30.3 Å². The quantitative estimate of drug-likeness (QED) is 0.593. The summed E-state index contributed by atoms with van der Waals surface area (Å²) in [5.41, 5.74) is 1.06. The van der Waals surface area contributed by atoms with Crippen LogP contribution in [0.4, 0.5) is 0 Å². The van der Waals surface area contributed by atoms with Crippen molar-refractivity contribution in [3.05, 3.63) is 35.9 Å². The highest BCUT2D eigenvalue weighted by atomic mass is 16.2. The molecule has 1 atom stereocenters. The van der Waals surface area contributed by atoms with E-state index in [1.807, 2.05) is 30.3 Å². The number of nitrogens with one attached hydrogen (secondary N) is 1. The Morgan fingerprint density at radius 1 is 1.31 bits per heavy atom. The number of amides is 1. The summed E-state index contributed by atoms with van der Waals surface area (Å²) >= 11 is 0. The molecule has 16 heavy (non-hydrogen) atoms. The van der Waals surface area contributed by atoms with Crippen LogP contribution < -0.4 is 5.32 Å². The van der Waals surface area contributed by atoms with Crippen molar-refractivity contribution in [2.45, 2.75) is 6.54 Å². The van der Waals surface area contributed by atoms with Gasteiger partial charge in [0.05, 0.1) is 13.1 Å². The minimum atomic E-state index is -0.691. The molecule has 0 spiro atoms. The number of benzene rings is 1. The lowest BCUT2D eigenvalue weighted by Crippen LogP contribution is -2.20. The lowest BCUT2D eigenvalue weighted by atomic mass is 10.1. The Hall–Kier alpha value is -1.97. The fourth-order valence-corrected chi connectivity index (χ4v) is 1.54. The van der Waals surface area contributed by atoms with E-state index < -0.39 is 5.92 Å². The first-order valence-electron chi connectivity index (χ1n) is 5.11. The third kappa shape index (κ3) is 2.34. The van der Waals surface area contributed by atoms with E-state index >= 15 is 0 Å². The number of carbonyl (C=O) groups excluding carboxylic acids is 2. The second kappa shape index (κ2) is 4.70. The van der Waals surface area contributed by atoms with Crippen LogP contribution in [0.2, 0.25) is 0 Å². The van der Waals surface area contributed by atoms with Gasteiger partial charge in [-0.05, 0) is 5.56 Å². The first-order valence-corrected chi connectivity index (χ1v) is 5.11. The number of nitrogens with zero attached hydrogens (tertiary/aromatic N) is 1. The summed E-state index contributed by atoms with van der Waals surface area (Å²) in [6.45, 7) is 0.624. The Balaban J connectivity index is 1.95. The first-order chi connectivity index (χ1) is 7.77. The van der Waals surface area contributed by atoms with E-state index in [0.29, 0.717) is 6.54 Å². The van der Waals surface area contributed by atoms with Gasteiger partial charge in [-0.3, -0.25) is 14.6 Å². The Morgan fingerprint density at radius 3 is 2.69 bits per heavy atom. The molecular weight excluding hydrogens is 204 g/mol. The molecule has 82 valence electrons. The standard InChI is InChI=1S/C12H12N2O2/c15-11-8-14-12(16)10(11)7-13-6-9-4-2-1-3-5-9/h1-5,7,10H,6,8H2,(H,14,16)/t10-/m0/s1. The molecule has 1 aromatic carbocycles. The monoisotopic (exact) mass is 216 g/mol. The molecule has 0 saturated carbocycles. The number of carbonyl (C=O) groups is 2. The molecule has 0 radical (unpaired) electrons. The van der Waals surface area contributed by atoms with Crippen LogP contribution in [0, 0.1) is 5.92 Å². The molecule has 1 fully saturated rings. The predicted molar refractivity (Wildman–Crippen MR) is 60.1 cm³/mol. The molecule has 1 amide bonds. The Bertz CT molecular complexity index is 410. The molecule has 1 aliphatic heterocycles. The SMILES string of the molecule is O=C1CNC(=O)[C@H]1C=NCc1ccccc1. The van der Waals surface area contributed by atoms with Crippen LogP contribution in [0.25, 0.3) is 0 Å². The molecule has 0 unspecified atom stereocenters. The van der Waals surface area contributed by atoms with Crippen LogP contribution in [0.5, 0.6) is 0 Å². The highest BCUT2D eigenvalue weighted by Crippen LogP contribution is 2.04. The highest BCUT2D eigenvalue weighted by Gasteiger charge is 2.30. The molecule has 4 nitrogen and oxygen atoms in total. The first kappa shape index (κ1) is 10.5. The third-order valence-corrected chi connectivity index (χ3v) is 2.44. The number of Topliss-reactive ketones (excluding diaryl/α,β-unsaturated/α-hetero) is 1. The van der Waals surface area contributed by atoms with E-state index in [4.69, 9.17) is 0 Å². The van der Waals surface area contributed by atoms with Crippen molar-refractivity contribution in [2.75, 3.05) is 6.54 Å². The maximum atomic E-state index is 11.3. The molecule has 1 aliphatic rings. The van der Waals surface area contributed by atoms with Crippen LogP contribution in [-0.2, 0) is 16.1 Å². The van der Waals surface area contributed by atoms with Crippen molar-refractivity contribution < 1.29 is 9.59 Å². The average Bonchev–Trinajstić information content (AvgIpc) is 2.62. The Morgan fingerprint density at radius 2 is 2.06 bits per heavy atom. The van der Waals surface area contributed by atoms with Crippen LogP contribution in [0.15, 0.2) is 35.3 Å². The van der Waals surface area contributed by atoms with Crippen LogP contribution in [0.3, 0.4) is 0 Å². The fraction of sp³-hybridized carbons (Fsp3) is 0.250. The van der Waals surface area contributed by atoms with Crippen molar-refractivity contribution in [2.24, 2.45) is 10.9 Å². The zero-order chi connectivity index (χ0) is 11.4. The van der Waals surface area contributed by atoms with Crippen molar-refractivity contribution in [1.29, 1.82) is 0 Å².